The normalized spacial score (nSPS) is 17.0. The fourth-order valence-electron chi connectivity index (χ4n) is 2.47. The molecule has 1 aromatic rings. The molecule has 120 valence electrons. The Balaban J connectivity index is 1.94. The molecule has 1 unspecified atom stereocenters. The van der Waals surface area contributed by atoms with Crippen molar-refractivity contribution in [3.05, 3.63) is 29.8 Å². The first kappa shape index (κ1) is 16.3. The number of ether oxygens (including phenoxy) is 1. The Morgan fingerprint density at radius 3 is 2.64 bits per heavy atom. The van der Waals surface area contributed by atoms with E-state index in [0.717, 1.165) is 22.8 Å². The van der Waals surface area contributed by atoms with Gasteiger partial charge in [0.1, 0.15) is 12.3 Å². The van der Waals surface area contributed by atoms with Crippen molar-refractivity contribution in [3.63, 3.8) is 0 Å². The molecule has 2 rings (SSSR count). The quantitative estimate of drug-likeness (QED) is 0.780. The molecule has 1 fully saturated rings. The number of amides is 3. The number of hydrogen-bond acceptors (Lipinski definition) is 3. The van der Waals surface area contributed by atoms with E-state index in [-0.39, 0.29) is 18.0 Å². The van der Waals surface area contributed by atoms with E-state index in [0.29, 0.717) is 19.7 Å². The molecule has 0 saturated carbocycles. The first-order chi connectivity index (χ1) is 10.5. The smallest absolute Gasteiger partial charge is 0.324 e. The number of carbonyl (C=O) groups is 2. The molecule has 0 aromatic heterocycles. The molecule has 22 heavy (non-hydrogen) atoms. The fraction of sp³-hybridized carbons (Fsp3) is 0.500. The summed E-state index contributed by atoms with van der Waals surface area (Å²) in [5, 5.41) is 2.66. The average molecular weight is 306 g/mol. The van der Waals surface area contributed by atoms with Crippen molar-refractivity contribution in [1.29, 1.82) is 0 Å². The second-order valence-corrected chi connectivity index (χ2v) is 5.54. The molecule has 6 nitrogen and oxygen atoms in total. The van der Waals surface area contributed by atoms with Gasteiger partial charge in [0.2, 0.25) is 0 Å². The van der Waals surface area contributed by atoms with E-state index in [1.807, 2.05) is 45.2 Å². The van der Waals surface area contributed by atoms with Crippen LogP contribution in [0.5, 0.6) is 5.75 Å². The molecule has 0 aliphatic carbocycles. The zero-order valence-corrected chi connectivity index (χ0v) is 13.4. The number of hydrogen-bond donors (Lipinski definition) is 2. The summed E-state index contributed by atoms with van der Waals surface area (Å²) < 4.78 is 5.42. The van der Waals surface area contributed by atoms with E-state index in [1.165, 1.54) is 4.90 Å². The summed E-state index contributed by atoms with van der Waals surface area (Å²) in [4.78, 5) is 26.3. The SMILES string of the molecule is CCOc1ccc(C[NH+](C)[C@@H](C)C(=O)N2CCNC2=O)cc1. The highest BCUT2D eigenvalue weighted by molar-refractivity contribution is 5.97. The van der Waals surface area contributed by atoms with Crippen LogP contribution in [0, 0.1) is 0 Å². The lowest BCUT2D eigenvalue weighted by atomic mass is 10.1. The summed E-state index contributed by atoms with van der Waals surface area (Å²) in [5.74, 6) is 0.722. The van der Waals surface area contributed by atoms with E-state index in [4.69, 9.17) is 4.74 Å². The Kier molecular flexibility index (Phi) is 5.38. The number of nitrogens with one attached hydrogen (secondary N) is 2. The molecule has 0 bridgehead atoms. The molecule has 6 heteroatoms. The van der Waals surface area contributed by atoms with Crippen LogP contribution in [0.25, 0.3) is 0 Å². The van der Waals surface area contributed by atoms with Crippen molar-refractivity contribution in [3.8, 4) is 5.75 Å². The lowest BCUT2D eigenvalue weighted by molar-refractivity contribution is -0.908. The molecule has 1 aromatic carbocycles. The van der Waals surface area contributed by atoms with Crippen LogP contribution in [0.1, 0.15) is 19.4 Å². The predicted molar refractivity (Wildman–Crippen MR) is 82.8 cm³/mol. The largest absolute Gasteiger partial charge is 0.494 e. The van der Waals surface area contributed by atoms with E-state index < -0.39 is 0 Å². The van der Waals surface area contributed by atoms with E-state index >= 15 is 0 Å². The van der Waals surface area contributed by atoms with Crippen LogP contribution >= 0.6 is 0 Å². The maximum Gasteiger partial charge on any atom is 0.324 e. The first-order valence-electron chi connectivity index (χ1n) is 7.66. The molecular weight excluding hydrogens is 282 g/mol. The topological polar surface area (TPSA) is 63.1 Å². The minimum atomic E-state index is -0.286. The number of benzene rings is 1. The minimum Gasteiger partial charge on any atom is -0.494 e. The minimum absolute atomic E-state index is 0.126. The second kappa shape index (κ2) is 7.26. The van der Waals surface area contributed by atoms with E-state index in [2.05, 4.69) is 5.32 Å². The van der Waals surface area contributed by atoms with Crippen LogP contribution in [0.4, 0.5) is 4.79 Å². The molecule has 1 saturated heterocycles. The van der Waals surface area contributed by atoms with Crippen molar-refractivity contribution in [2.45, 2.75) is 26.4 Å². The second-order valence-electron chi connectivity index (χ2n) is 5.54. The monoisotopic (exact) mass is 306 g/mol. The summed E-state index contributed by atoms with van der Waals surface area (Å²) in [6.07, 6.45) is 0. The Morgan fingerprint density at radius 2 is 2.09 bits per heavy atom. The van der Waals surface area contributed by atoms with Gasteiger partial charge >= 0.3 is 6.03 Å². The summed E-state index contributed by atoms with van der Waals surface area (Å²) in [7, 11) is 1.97. The molecular formula is C16H24N3O3+. The zero-order valence-electron chi connectivity index (χ0n) is 13.4. The number of urea groups is 1. The van der Waals surface area contributed by atoms with Crippen LogP contribution in [0.2, 0.25) is 0 Å². The third kappa shape index (κ3) is 3.76. The molecule has 0 spiro atoms. The number of likely N-dealkylation sites (N-methyl/N-ethyl adjacent to an activating group) is 1. The van der Waals surface area contributed by atoms with Gasteiger partial charge in [-0.05, 0) is 38.1 Å². The molecule has 1 aliphatic heterocycles. The molecule has 2 N–H and O–H groups in total. The van der Waals surface area contributed by atoms with Gasteiger partial charge in [-0.25, -0.2) is 4.79 Å². The summed E-state index contributed by atoms with van der Waals surface area (Å²) in [5.41, 5.74) is 1.13. The summed E-state index contributed by atoms with van der Waals surface area (Å²) in [6.45, 7) is 6.17. The number of quaternary nitrogens is 1. The maximum absolute atomic E-state index is 12.4. The molecule has 0 radical (unpaired) electrons. The van der Waals surface area contributed by atoms with Crippen molar-refractivity contribution < 1.29 is 19.2 Å². The Labute approximate surface area is 131 Å². The van der Waals surface area contributed by atoms with Crippen molar-refractivity contribution in [2.24, 2.45) is 0 Å². The van der Waals surface area contributed by atoms with Crippen molar-refractivity contribution in [1.82, 2.24) is 10.2 Å². The molecule has 1 aliphatic rings. The third-order valence-corrected chi connectivity index (χ3v) is 3.95. The number of rotatable bonds is 6. The van der Waals surface area contributed by atoms with Gasteiger partial charge in [-0.3, -0.25) is 9.69 Å². The van der Waals surface area contributed by atoms with Gasteiger partial charge in [0.05, 0.1) is 13.7 Å². The van der Waals surface area contributed by atoms with Crippen molar-refractivity contribution >= 4 is 11.9 Å². The van der Waals surface area contributed by atoms with Crippen LogP contribution < -0.4 is 15.0 Å². The lowest BCUT2D eigenvalue weighted by Crippen LogP contribution is -3.12. The van der Waals surface area contributed by atoms with Gasteiger partial charge in [0.25, 0.3) is 5.91 Å². The number of carbonyl (C=O) groups excluding carboxylic acids is 2. The highest BCUT2D eigenvalue weighted by Crippen LogP contribution is 2.11. The van der Waals surface area contributed by atoms with Gasteiger partial charge in [0.15, 0.2) is 6.04 Å². The fourth-order valence-corrected chi connectivity index (χ4v) is 2.47. The highest BCUT2D eigenvalue weighted by Gasteiger charge is 2.33. The maximum atomic E-state index is 12.4. The van der Waals surface area contributed by atoms with Crippen LogP contribution in [-0.4, -0.2) is 49.6 Å². The van der Waals surface area contributed by atoms with Gasteiger partial charge in [0, 0.05) is 18.7 Å². The lowest BCUT2D eigenvalue weighted by Gasteiger charge is -2.24. The van der Waals surface area contributed by atoms with Gasteiger partial charge in [-0.2, -0.15) is 0 Å². The Morgan fingerprint density at radius 1 is 1.41 bits per heavy atom. The van der Waals surface area contributed by atoms with E-state index in [9.17, 15) is 9.59 Å². The van der Waals surface area contributed by atoms with Crippen LogP contribution in [-0.2, 0) is 11.3 Å². The Bertz CT molecular complexity index is 530. The average Bonchev–Trinajstić information content (AvgIpc) is 2.94. The molecule has 3 amide bonds. The molecule has 1 heterocycles. The summed E-state index contributed by atoms with van der Waals surface area (Å²) >= 11 is 0. The van der Waals surface area contributed by atoms with Gasteiger partial charge < -0.3 is 15.0 Å². The highest BCUT2D eigenvalue weighted by atomic mass is 16.5. The van der Waals surface area contributed by atoms with Crippen LogP contribution in [0.15, 0.2) is 24.3 Å². The zero-order chi connectivity index (χ0) is 16.1. The third-order valence-electron chi connectivity index (χ3n) is 3.95. The summed E-state index contributed by atoms with van der Waals surface area (Å²) in [6, 6.07) is 7.34. The first-order valence-corrected chi connectivity index (χ1v) is 7.66. The van der Waals surface area contributed by atoms with Gasteiger partial charge in [-0.1, -0.05) is 0 Å². The number of imide groups is 1. The van der Waals surface area contributed by atoms with E-state index in [1.54, 1.807) is 0 Å². The van der Waals surface area contributed by atoms with Gasteiger partial charge in [-0.15, -0.1) is 0 Å². The number of nitrogens with zero attached hydrogens (tertiary/aromatic N) is 1. The Hall–Kier alpha value is -2.08. The predicted octanol–water partition coefficient (Wildman–Crippen LogP) is 0.0403. The van der Waals surface area contributed by atoms with Crippen LogP contribution in [0.3, 0.4) is 0 Å². The van der Waals surface area contributed by atoms with Crippen molar-refractivity contribution in [2.75, 3.05) is 26.7 Å². The standard InChI is InChI=1S/C16H23N3O3/c1-4-22-14-7-5-13(6-8-14)11-18(3)12(2)15(20)19-10-9-17-16(19)21/h5-8,12H,4,9-11H2,1-3H3,(H,17,21)/p+1/t12-/m0/s1. The molecule has 2 atom stereocenters.